The highest BCUT2D eigenvalue weighted by Crippen LogP contribution is 2.32. The van der Waals surface area contributed by atoms with E-state index in [0.717, 1.165) is 24.4 Å². The predicted molar refractivity (Wildman–Crippen MR) is 85.1 cm³/mol. The molecule has 3 nitrogen and oxygen atoms in total. The summed E-state index contributed by atoms with van der Waals surface area (Å²) in [6.45, 7) is 7.75. The van der Waals surface area contributed by atoms with E-state index >= 15 is 0 Å². The van der Waals surface area contributed by atoms with Crippen LogP contribution in [0.5, 0.6) is 5.75 Å². The van der Waals surface area contributed by atoms with Crippen molar-refractivity contribution in [1.82, 2.24) is 10.3 Å². The van der Waals surface area contributed by atoms with E-state index in [-0.39, 0.29) is 0 Å². The number of hydrogen-bond donors (Lipinski definition) is 1. The summed E-state index contributed by atoms with van der Waals surface area (Å²) < 4.78 is 5.50. The molecule has 20 heavy (non-hydrogen) atoms. The summed E-state index contributed by atoms with van der Waals surface area (Å²) in [5.74, 6) is 1.52. The Balaban J connectivity index is 2.96. The van der Waals surface area contributed by atoms with Crippen molar-refractivity contribution in [3.63, 3.8) is 0 Å². The largest absolute Gasteiger partial charge is 0.495 e. The first-order valence-corrected chi connectivity index (χ1v) is 8.00. The summed E-state index contributed by atoms with van der Waals surface area (Å²) in [5.41, 5.74) is 1.06. The van der Waals surface area contributed by atoms with E-state index in [1.165, 1.54) is 25.7 Å². The average molecular weight is 278 g/mol. The number of ether oxygens (including phenoxy) is 1. The summed E-state index contributed by atoms with van der Waals surface area (Å²) >= 11 is 0. The Morgan fingerprint density at radius 2 is 2.05 bits per heavy atom. The Morgan fingerprint density at radius 1 is 1.25 bits per heavy atom. The normalized spacial score (nSPS) is 14.0. The van der Waals surface area contributed by atoms with Crippen LogP contribution in [0.25, 0.3) is 0 Å². The van der Waals surface area contributed by atoms with Crippen LogP contribution in [0.4, 0.5) is 0 Å². The summed E-state index contributed by atoms with van der Waals surface area (Å²) in [7, 11) is 1.73. The highest BCUT2D eigenvalue weighted by atomic mass is 16.5. The van der Waals surface area contributed by atoms with Gasteiger partial charge in [-0.1, -0.05) is 40.0 Å². The van der Waals surface area contributed by atoms with E-state index in [2.05, 4.69) is 31.1 Å². The third-order valence-electron chi connectivity index (χ3n) is 3.85. The molecule has 3 heteroatoms. The molecular weight excluding hydrogens is 248 g/mol. The SMILES string of the molecule is CCCCC(CC)C(NCCC)c1ncccc1OC. The maximum Gasteiger partial charge on any atom is 0.141 e. The number of methoxy groups -OCH3 is 1. The molecule has 0 saturated heterocycles. The molecule has 0 spiro atoms. The lowest BCUT2D eigenvalue weighted by Crippen LogP contribution is -2.30. The molecule has 2 unspecified atom stereocenters. The molecule has 1 N–H and O–H groups in total. The van der Waals surface area contributed by atoms with Crippen LogP contribution in [0.3, 0.4) is 0 Å². The van der Waals surface area contributed by atoms with Gasteiger partial charge in [0.05, 0.1) is 18.8 Å². The monoisotopic (exact) mass is 278 g/mol. The van der Waals surface area contributed by atoms with Crippen LogP contribution >= 0.6 is 0 Å². The molecule has 0 bridgehead atoms. The standard InChI is InChI=1S/C17H30N2O/c1-5-8-10-14(7-3)16(18-12-6-2)17-15(20-4)11-9-13-19-17/h9,11,13-14,16,18H,5-8,10,12H2,1-4H3. The zero-order valence-corrected chi connectivity index (χ0v) is 13.5. The first-order chi connectivity index (χ1) is 9.78. The second-order valence-electron chi connectivity index (χ2n) is 5.33. The van der Waals surface area contributed by atoms with Crippen molar-refractivity contribution in [3.8, 4) is 5.75 Å². The van der Waals surface area contributed by atoms with Crippen LogP contribution in [-0.2, 0) is 0 Å². The lowest BCUT2D eigenvalue weighted by molar-refractivity contribution is 0.305. The van der Waals surface area contributed by atoms with Gasteiger partial charge in [-0.05, 0) is 37.4 Å². The van der Waals surface area contributed by atoms with Crippen molar-refractivity contribution in [1.29, 1.82) is 0 Å². The molecular formula is C17H30N2O. The average Bonchev–Trinajstić information content (AvgIpc) is 2.50. The molecule has 1 aromatic heterocycles. The summed E-state index contributed by atoms with van der Waals surface area (Å²) in [6, 6.07) is 4.24. The zero-order valence-electron chi connectivity index (χ0n) is 13.5. The lowest BCUT2D eigenvalue weighted by atomic mass is 9.88. The molecule has 0 aliphatic heterocycles. The van der Waals surface area contributed by atoms with Gasteiger partial charge in [0.15, 0.2) is 0 Å². The Morgan fingerprint density at radius 3 is 2.65 bits per heavy atom. The van der Waals surface area contributed by atoms with Gasteiger partial charge in [-0.15, -0.1) is 0 Å². The van der Waals surface area contributed by atoms with Crippen LogP contribution in [0.15, 0.2) is 18.3 Å². The van der Waals surface area contributed by atoms with E-state index in [1.807, 2.05) is 18.3 Å². The minimum atomic E-state index is 0.294. The van der Waals surface area contributed by atoms with Gasteiger partial charge in [0, 0.05) is 6.20 Å². The smallest absolute Gasteiger partial charge is 0.141 e. The van der Waals surface area contributed by atoms with Gasteiger partial charge in [-0.3, -0.25) is 4.98 Å². The number of hydrogen-bond acceptors (Lipinski definition) is 3. The highest BCUT2D eigenvalue weighted by Gasteiger charge is 2.24. The predicted octanol–water partition coefficient (Wildman–Crippen LogP) is 4.35. The third-order valence-corrected chi connectivity index (χ3v) is 3.85. The Bertz CT molecular complexity index is 368. The fraction of sp³-hybridized carbons (Fsp3) is 0.706. The molecule has 0 saturated carbocycles. The summed E-state index contributed by atoms with van der Waals surface area (Å²) in [5, 5.41) is 3.68. The first-order valence-electron chi connectivity index (χ1n) is 8.00. The van der Waals surface area contributed by atoms with E-state index in [9.17, 15) is 0 Å². The fourth-order valence-electron chi connectivity index (χ4n) is 2.67. The quantitative estimate of drug-likeness (QED) is 0.691. The van der Waals surface area contributed by atoms with Crippen molar-refractivity contribution in [2.75, 3.05) is 13.7 Å². The zero-order chi connectivity index (χ0) is 14.8. The fourth-order valence-corrected chi connectivity index (χ4v) is 2.67. The number of aromatic nitrogens is 1. The molecule has 0 amide bonds. The van der Waals surface area contributed by atoms with Gasteiger partial charge >= 0.3 is 0 Å². The number of nitrogens with one attached hydrogen (secondary N) is 1. The maximum atomic E-state index is 5.50. The molecule has 0 aromatic carbocycles. The van der Waals surface area contributed by atoms with Gasteiger partial charge in [-0.25, -0.2) is 0 Å². The molecule has 0 aliphatic carbocycles. The second-order valence-corrected chi connectivity index (χ2v) is 5.33. The van der Waals surface area contributed by atoms with E-state index in [4.69, 9.17) is 4.74 Å². The Kier molecular flexibility index (Phi) is 8.28. The number of pyridine rings is 1. The van der Waals surface area contributed by atoms with Crippen LogP contribution < -0.4 is 10.1 Å². The third kappa shape index (κ3) is 4.78. The lowest BCUT2D eigenvalue weighted by Gasteiger charge is -2.28. The molecule has 0 radical (unpaired) electrons. The van der Waals surface area contributed by atoms with Crippen molar-refractivity contribution in [3.05, 3.63) is 24.0 Å². The maximum absolute atomic E-state index is 5.50. The second kappa shape index (κ2) is 9.76. The summed E-state index contributed by atoms with van der Waals surface area (Å²) in [6.07, 6.45) is 7.93. The molecule has 1 rings (SSSR count). The van der Waals surface area contributed by atoms with Gasteiger partial charge in [0.1, 0.15) is 5.75 Å². The molecule has 0 fully saturated rings. The Labute approximate surface area is 124 Å². The van der Waals surface area contributed by atoms with Crippen LogP contribution in [0.2, 0.25) is 0 Å². The molecule has 2 atom stereocenters. The number of unbranched alkanes of at least 4 members (excludes halogenated alkanes) is 1. The van der Waals surface area contributed by atoms with Crippen LogP contribution in [0, 0.1) is 5.92 Å². The van der Waals surface area contributed by atoms with Gasteiger partial charge in [0.25, 0.3) is 0 Å². The minimum Gasteiger partial charge on any atom is -0.495 e. The van der Waals surface area contributed by atoms with Crippen LogP contribution in [0.1, 0.15) is 64.6 Å². The van der Waals surface area contributed by atoms with Crippen LogP contribution in [-0.4, -0.2) is 18.6 Å². The minimum absolute atomic E-state index is 0.294. The number of nitrogens with zero attached hydrogens (tertiary/aromatic N) is 1. The van der Waals surface area contributed by atoms with Crippen molar-refractivity contribution in [2.24, 2.45) is 5.92 Å². The highest BCUT2D eigenvalue weighted by molar-refractivity contribution is 5.30. The number of rotatable bonds is 10. The molecule has 0 aliphatic rings. The molecule has 1 heterocycles. The molecule has 1 aromatic rings. The van der Waals surface area contributed by atoms with Gasteiger partial charge in [0.2, 0.25) is 0 Å². The van der Waals surface area contributed by atoms with E-state index in [0.29, 0.717) is 12.0 Å². The van der Waals surface area contributed by atoms with Gasteiger partial charge in [-0.2, -0.15) is 0 Å². The summed E-state index contributed by atoms with van der Waals surface area (Å²) in [4.78, 5) is 4.59. The molecule has 114 valence electrons. The Hall–Kier alpha value is -1.09. The van der Waals surface area contributed by atoms with Gasteiger partial charge < -0.3 is 10.1 Å². The van der Waals surface area contributed by atoms with E-state index in [1.54, 1.807) is 7.11 Å². The van der Waals surface area contributed by atoms with Crippen molar-refractivity contribution in [2.45, 2.75) is 58.9 Å². The first kappa shape index (κ1) is 17.0. The van der Waals surface area contributed by atoms with Crippen molar-refractivity contribution < 1.29 is 4.74 Å². The topological polar surface area (TPSA) is 34.2 Å². The van der Waals surface area contributed by atoms with Crippen molar-refractivity contribution >= 4 is 0 Å². The van der Waals surface area contributed by atoms with E-state index < -0.39 is 0 Å².